The quantitative estimate of drug-likeness (QED) is 0.755. The minimum Gasteiger partial charge on any atom is -0.504 e. The molecule has 0 fully saturated rings. The van der Waals surface area contributed by atoms with Crippen LogP contribution < -0.4 is 9.47 Å². The van der Waals surface area contributed by atoms with Gasteiger partial charge in [-0.05, 0) is 41.5 Å². The minimum atomic E-state index is -0.524. The number of rotatable bonds is 4. The maximum Gasteiger partial charge on any atom is 0.160 e. The van der Waals surface area contributed by atoms with Crippen LogP contribution in [0.4, 0.5) is 0 Å². The summed E-state index contributed by atoms with van der Waals surface area (Å²) in [4.78, 5) is 0. The molecule has 3 aromatic rings. The molecule has 0 radical (unpaired) electrons. The molecule has 1 aliphatic rings. The second-order valence-electron chi connectivity index (χ2n) is 6.50. The van der Waals surface area contributed by atoms with Crippen LogP contribution in [0.1, 0.15) is 22.5 Å². The van der Waals surface area contributed by atoms with Crippen molar-refractivity contribution in [3.8, 4) is 23.0 Å². The van der Waals surface area contributed by atoms with E-state index in [1.807, 2.05) is 36.0 Å². The van der Waals surface area contributed by atoms with E-state index >= 15 is 0 Å². The van der Waals surface area contributed by atoms with Gasteiger partial charge in [0.25, 0.3) is 0 Å². The summed E-state index contributed by atoms with van der Waals surface area (Å²) < 4.78 is 12.5. The van der Waals surface area contributed by atoms with Gasteiger partial charge in [-0.25, -0.2) is 0 Å². The molecule has 6 nitrogen and oxygen atoms in total. The summed E-state index contributed by atoms with van der Waals surface area (Å²) >= 11 is 0. The fraction of sp³-hybridized carbons (Fsp3) is 0.250. The molecule has 0 saturated carbocycles. The van der Waals surface area contributed by atoms with Crippen molar-refractivity contribution in [3.05, 3.63) is 65.0 Å². The monoisotopic (exact) mass is 352 g/mol. The zero-order valence-corrected chi connectivity index (χ0v) is 14.9. The van der Waals surface area contributed by atoms with Gasteiger partial charge in [-0.3, -0.25) is 4.68 Å². The van der Waals surface area contributed by atoms with Gasteiger partial charge < -0.3 is 19.7 Å². The SMILES string of the molecule is COc1cc(C2(c3ccc(O)c(OC)c3)Cc3cc2nn3C)ccc1O. The fourth-order valence-electron chi connectivity index (χ4n) is 3.79. The zero-order valence-electron chi connectivity index (χ0n) is 14.9. The molecule has 0 spiro atoms. The van der Waals surface area contributed by atoms with Gasteiger partial charge in [-0.1, -0.05) is 12.1 Å². The van der Waals surface area contributed by atoms with E-state index in [9.17, 15) is 10.2 Å². The number of methoxy groups -OCH3 is 2. The number of aromatic hydroxyl groups is 2. The van der Waals surface area contributed by atoms with E-state index in [0.29, 0.717) is 11.5 Å². The van der Waals surface area contributed by atoms with Crippen molar-refractivity contribution >= 4 is 0 Å². The first kappa shape index (κ1) is 16.3. The molecule has 0 amide bonds. The molecule has 2 bridgehead atoms. The van der Waals surface area contributed by atoms with Crippen LogP contribution in [-0.2, 0) is 18.9 Å². The highest BCUT2D eigenvalue weighted by Gasteiger charge is 2.45. The third-order valence-corrected chi connectivity index (χ3v) is 5.21. The highest BCUT2D eigenvalue weighted by molar-refractivity contribution is 5.59. The van der Waals surface area contributed by atoms with Gasteiger partial charge in [-0.15, -0.1) is 0 Å². The normalized spacial score (nSPS) is 14.4. The fourth-order valence-corrected chi connectivity index (χ4v) is 3.79. The number of hydrogen-bond acceptors (Lipinski definition) is 5. The molecule has 4 rings (SSSR count). The Labute approximate surface area is 151 Å². The highest BCUT2D eigenvalue weighted by atomic mass is 16.5. The summed E-state index contributed by atoms with van der Waals surface area (Å²) in [6.07, 6.45) is 0.726. The van der Waals surface area contributed by atoms with E-state index in [4.69, 9.17) is 9.47 Å². The first-order valence-electron chi connectivity index (χ1n) is 8.28. The van der Waals surface area contributed by atoms with E-state index in [-0.39, 0.29) is 11.5 Å². The molecule has 6 heteroatoms. The number of fused-ring (bicyclic) bond motifs is 2. The maximum atomic E-state index is 10.00. The number of nitrogens with zero attached hydrogens (tertiary/aromatic N) is 2. The number of phenolic OH excluding ortho intramolecular Hbond substituents is 2. The third-order valence-electron chi connectivity index (χ3n) is 5.21. The average Bonchev–Trinajstić information content (AvgIpc) is 3.20. The Balaban J connectivity index is 1.97. The van der Waals surface area contributed by atoms with Crippen LogP contribution in [0.3, 0.4) is 0 Å². The summed E-state index contributed by atoms with van der Waals surface area (Å²) in [7, 11) is 4.99. The van der Waals surface area contributed by atoms with Gasteiger partial charge in [0.1, 0.15) is 0 Å². The Hall–Kier alpha value is -3.15. The molecule has 1 heterocycles. The molecule has 26 heavy (non-hydrogen) atoms. The molecular weight excluding hydrogens is 332 g/mol. The third kappa shape index (κ3) is 2.15. The Bertz CT molecular complexity index is 936. The second-order valence-corrected chi connectivity index (χ2v) is 6.50. The van der Waals surface area contributed by atoms with Crippen molar-refractivity contribution in [3.63, 3.8) is 0 Å². The molecule has 2 N–H and O–H groups in total. The molecule has 0 aliphatic heterocycles. The number of benzene rings is 2. The van der Waals surface area contributed by atoms with Crippen LogP contribution in [0.25, 0.3) is 0 Å². The van der Waals surface area contributed by atoms with Crippen molar-refractivity contribution in [1.29, 1.82) is 0 Å². The van der Waals surface area contributed by atoms with Gasteiger partial charge in [0, 0.05) is 19.2 Å². The van der Waals surface area contributed by atoms with Gasteiger partial charge in [-0.2, -0.15) is 5.10 Å². The molecule has 1 aromatic heterocycles. The molecule has 0 unspecified atom stereocenters. The van der Waals surface area contributed by atoms with Gasteiger partial charge >= 0.3 is 0 Å². The molecule has 0 saturated heterocycles. The van der Waals surface area contributed by atoms with Crippen LogP contribution in [-0.4, -0.2) is 34.2 Å². The van der Waals surface area contributed by atoms with E-state index < -0.39 is 5.41 Å². The van der Waals surface area contributed by atoms with Crippen molar-refractivity contribution in [1.82, 2.24) is 9.78 Å². The minimum absolute atomic E-state index is 0.0912. The zero-order chi connectivity index (χ0) is 18.5. The largest absolute Gasteiger partial charge is 0.504 e. The maximum absolute atomic E-state index is 10.00. The van der Waals surface area contributed by atoms with Crippen LogP contribution in [0.2, 0.25) is 0 Å². The predicted molar refractivity (Wildman–Crippen MR) is 96.1 cm³/mol. The Morgan fingerprint density at radius 3 is 1.85 bits per heavy atom. The van der Waals surface area contributed by atoms with Crippen molar-refractivity contribution < 1.29 is 19.7 Å². The van der Waals surface area contributed by atoms with Crippen LogP contribution in [0.5, 0.6) is 23.0 Å². The van der Waals surface area contributed by atoms with E-state index in [1.165, 1.54) is 14.2 Å². The standard InChI is InChI=1S/C20H20N2O4/c1-22-14-10-19(21-22)20(11-14,12-4-6-15(23)17(8-12)25-2)13-5-7-16(24)18(9-13)26-3/h4-10,23-24H,11H2,1-3H3. The lowest BCUT2D eigenvalue weighted by atomic mass is 9.71. The van der Waals surface area contributed by atoms with Crippen molar-refractivity contribution in [2.24, 2.45) is 7.05 Å². The van der Waals surface area contributed by atoms with E-state index in [2.05, 4.69) is 11.2 Å². The van der Waals surface area contributed by atoms with E-state index in [0.717, 1.165) is 28.9 Å². The Morgan fingerprint density at radius 1 is 0.923 bits per heavy atom. The van der Waals surface area contributed by atoms with E-state index in [1.54, 1.807) is 12.1 Å². The number of ether oxygens (including phenoxy) is 2. The lowest BCUT2D eigenvalue weighted by Gasteiger charge is -2.33. The van der Waals surface area contributed by atoms with Crippen LogP contribution >= 0.6 is 0 Å². The van der Waals surface area contributed by atoms with Crippen LogP contribution in [0.15, 0.2) is 42.5 Å². The summed E-state index contributed by atoms with van der Waals surface area (Å²) in [6.45, 7) is 0. The number of aryl methyl sites for hydroxylation is 1. The average molecular weight is 352 g/mol. The summed E-state index contributed by atoms with van der Waals surface area (Å²) in [6, 6.07) is 12.8. The first-order chi connectivity index (χ1) is 12.5. The smallest absolute Gasteiger partial charge is 0.160 e. The molecule has 0 atom stereocenters. The Kier molecular flexibility index (Phi) is 3.57. The van der Waals surface area contributed by atoms with Gasteiger partial charge in [0.15, 0.2) is 23.0 Å². The number of hydrogen-bond donors (Lipinski definition) is 2. The Morgan fingerprint density at radius 2 is 1.46 bits per heavy atom. The molecular formula is C20H20N2O4. The summed E-state index contributed by atoms with van der Waals surface area (Å²) in [5.74, 6) is 1.01. The lowest BCUT2D eigenvalue weighted by molar-refractivity contribution is 0.370. The topological polar surface area (TPSA) is 76.7 Å². The lowest BCUT2D eigenvalue weighted by Crippen LogP contribution is -2.33. The summed E-state index contributed by atoms with van der Waals surface area (Å²) in [5, 5.41) is 24.7. The van der Waals surface area contributed by atoms with Crippen molar-refractivity contribution in [2.45, 2.75) is 11.8 Å². The first-order valence-corrected chi connectivity index (χ1v) is 8.28. The summed E-state index contributed by atoms with van der Waals surface area (Å²) in [5.41, 5.74) is 3.41. The molecule has 134 valence electrons. The van der Waals surface area contributed by atoms with Crippen molar-refractivity contribution in [2.75, 3.05) is 14.2 Å². The molecule has 1 aliphatic carbocycles. The van der Waals surface area contributed by atoms with Crippen LogP contribution in [0, 0.1) is 0 Å². The van der Waals surface area contributed by atoms with Gasteiger partial charge in [0.05, 0.1) is 25.3 Å². The predicted octanol–water partition coefficient (Wildman–Crippen LogP) is 2.74. The molecule has 2 aromatic carbocycles. The number of aromatic nitrogens is 2. The number of phenols is 2. The van der Waals surface area contributed by atoms with Gasteiger partial charge in [0.2, 0.25) is 0 Å². The second kappa shape index (κ2) is 5.69. The highest BCUT2D eigenvalue weighted by Crippen LogP contribution is 2.49.